The second-order valence-electron chi connectivity index (χ2n) is 14.9. The molecule has 0 unspecified atom stereocenters. The predicted molar refractivity (Wildman–Crippen MR) is 205 cm³/mol. The first kappa shape index (κ1) is 52.6. The minimum atomic E-state index is -1.55. The Bertz CT molecular complexity index is 1400. The van der Waals surface area contributed by atoms with Crippen molar-refractivity contribution in [3.05, 3.63) is 0 Å². The van der Waals surface area contributed by atoms with Crippen LogP contribution in [-0.4, -0.2) is 155 Å². The highest BCUT2D eigenvalue weighted by Gasteiger charge is 2.52. The molecule has 8 atom stereocenters. The number of carbonyl (C=O) groups is 8. The van der Waals surface area contributed by atoms with Crippen LogP contribution in [0, 0.1) is 5.92 Å². The summed E-state index contributed by atoms with van der Waals surface area (Å²) in [5, 5.41) is 10.4. The lowest BCUT2D eigenvalue weighted by Crippen LogP contribution is -2.67. The molecule has 0 aromatic rings. The van der Waals surface area contributed by atoms with Gasteiger partial charge in [0, 0.05) is 41.2 Å². The van der Waals surface area contributed by atoms with Gasteiger partial charge >= 0.3 is 23.9 Å². The molecule has 1 rings (SSSR count). The minimum absolute atomic E-state index is 0.0114. The normalized spacial score (nSPS) is 20.6. The van der Waals surface area contributed by atoms with Crippen molar-refractivity contribution < 1.29 is 81.0 Å². The Morgan fingerprint density at radius 2 is 1.22 bits per heavy atom. The molecule has 1 aliphatic heterocycles. The van der Waals surface area contributed by atoms with Gasteiger partial charge in [0.15, 0.2) is 18.5 Å². The number of hydrogen-bond donors (Lipinski definition) is 4. The van der Waals surface area contributed by atoms with Crippen molar-refractivity contribution in [2.75, 3.05) is 52.8 Å². The van der Waals surface area contributed by atoms with Crippen LogP contribution >= 0.6 is 0 Å². The van der Waals surface area contributed by atoms with E-state index in [4.69, 9.17) is 42.6 Å². The second kappa shape index (κ2) is 26.6. The van der Waals surface area contributed by atoms with Crippen LogP contribution < -0.4 is 21.3 Å². The number of rotatable bonds is 25. The number of amides is 4. The fourth-order valence-corrected chi connectivity index (χ4v) is 5.54. The second-order valence-corrected chi connectivity index (χ2v) is 14.9. The first-order valence-electron chi connectivity index (χ1n) is 19.4. The van der Waals surface area contributed by atoms with E-state index in [-0.39, 0.29) is 58.6 Å². The van der Waals surface area contributed by atoms with Crippen LogP contribution in [0.15, 0.2) is 0 Å². The summed E-state index contributed by atoms with van der Waals surface area (Å²) >= 11 is 0. The van der Waals surface area contributed by atoms with E-state index >= 15 is 0 Å². The fraction of sp³-hybridized carbons (Fsp3) is 0.789. The molecular weight excluding hydrogens is 784 g/mol. The van der Waals surface area contributed by atoms with Gasteiger partial charge in [-0.05, 0) is 33.6 Å². The highest BCUT2D eigenvalue weighted by atomic mass is 16.7. The maximum absolute atomic E-state index is 13.7. The first-order chi connectivity index (χ1) is 27.5. The van der Waals surface area contributed by atoms with Gasteiger partial charge in [-0.15, -0.1) is 0 Å². The molecule has 0 spiro atoms. The van der Waals surface area contributed by atoms with Gasteiger partial charge in [0.2, 0.25) is 23.6 Å². The minimum Gasteiger partial charge on any atom is -0.463 e. The molecule has 0 saturated carbocycles. The van der Waals surface area contributed by atoms with Crippen molar-refractivity contribution in [1.82, 2.24) is 21.3 Å². The topological polar surface area (TPSA) is 268 Å². The molecule has 0 radical (unpaired) electrons. The molecule has 1 aliphatic rings. The van der Waals surface area contributed by atoms with Crippen molar-refractivity contribution in [2.45, 2.75) is 137 Å². The van der Waals surface area contributed by atoms with Gasteiger partial charge in [0.25, 0.3) is 0 Å². The SMILES string of the molecule is CC(=O)N[C@H]1[C@@H](O[C@H](C)[C@H](NC(=O)[C@@H](NC(C)=O)C(C)C)C(=O)NCCOCCOCCOCCC(=O)OC(C)(C)C)O[C@H](COC(C)=O)[C@H](OC(C)=O)[C@@H]1OC(C)=O. The third-order valence-electron chi connectivity index (χ3n) is 7.94. The van der Waals surface area contributed by atoms with E-state index in [0.717, 1.165) is 20.8 Å². The standard InChI is InChI=1S/C38H64N4O17/c1-21(2)30(40-23(4)43)36(50)42-31(35(49)39-13-15-52-17-19-53-18-16-51-14-12-29(48)59-38(9,10)11)22(3)55-37-32(41-24(5)44)34(57-27(8)47)33(56-26(7)46)28(58-37)20-54-25(6)45/h21-22,28,30-34,37H,12-20H2,1-11H3,(H,39,49)(H,40,43)(H,41,44)(H,42,50)/t22-,28-,30+,31+,32-,33+,34-,37+/m1/s1. The number of carbonyl (C=O) groups excluding carboxylic acids is 8. The predicted octanol–water partition coefficient (Wildman–Crippen LogP) is -0.409. The lowest BCUT2D eigenvalue weighted by atomic mass is 9.95. The average molecular weight is 849 g/mol. The summed E-state index contributed by atoms with van der Waals surface area (Å²) in [4.78, 5) is 99.5. The van der Waals surface area contributed by atoms with Gasteiger partial charge < -0.3 is 63.9 Å². The first-order valence-corrected chi connectivity index (χ1v) is 19.4. The lowest BCUT2D eigenvalue weighted by Gasteiger charge is -2.46. The number of nitrogens with one attached hydrogen (secondary N) is 4. The Morgan fingerprint density at radius 1 is 0.661 bits per heavy atom. The Morgan fingerprint density at radius 3 is 1.73 bits per heavy atom. The fourth-order valence-electron chi connectivity index (χ4n) is 5.54. The molecular formula is C38H64N4O17. The van der Waals surface area contributed by atoms with Crippen molar-refractivity contribution in [3.63, 3.8) is 0 Å². The van der Waals surface area contributed by atoms with E-state index in [1.165, 1.54) is 20.8 Å². The number of hydrogen-bond acceptors (Lipinski definition) is 17. The van der Waals surface area contributed by atoms with Crippen LogP contribution in [0.2, 0.25) is 0 Å². The van der Waals surface area contributed by atoms with E-state index in [2.05, 4.69) is 21.3 Å². The zero-order chi connectivity index (χ0) is 44.9. The Balaban J connectivity index is 3.10. The third-order valence-corrected chi connectivity index (χ3v) is 7.94. The maximum atomic E-state index is 13.7. The summed E-state index contributed by atoms with van der Waals surface area (Å²) in [7, 11) is 0. The van der Waals surface area contributed by atoms with E-state index in [0.29, 0.717) is 0 Å². The van der Waals surface area contributed by atoms with Gasteiger partial charge in [-0.1, -0.05) is 13.8 Å². The monoisotopic (exact) mass is 848 g/mol. The molecule has 21 heteroatoms. The Hall–Kier alpha value is -4.44. The van der Waals surface area contributed by atoms with E-state index in [1.54, 1.807) is 34.6 Å². The summed E-state index contributed by atoms with van der Waals surface area (Å²) in [6, 6.07) is -3.85. The van der Waals surface area contributed by atoms with Gasteiger partial charge in [-0.25, -0.2) is 0 Å². The highest BCUT2D eigenvalue weighted by Crippen LogP contribution is 2.29. The van der Waals surface area contributed by atoms with Crippen LogP contribution in [0.5, 0.6) is 0 Å². The summed E-state index contributed by atoms with van der Waals surface area (Å²) in [6.07, 6.45) is -6.80. The zero-order valence-corrected chi connectivity index (χ0v) is 36.0. The summed E-state index contributed by atoms with van der Waals surface area (Å²) < 4.78 is 49.9. The van der Waals surface area contributed by atoms with Crippen LogP contribution in [-0.2, 0) is 81.0 Å². The molecule has 0 aromatic heterocycles. The van der Waals surface area contributed by atoms with E-state index in [1.807, 2.05) is 0 Å². The molecule has 0 aromatic carbocycles. The van der Waals surface area contributed by atoms with Crippen LogP contribution in [0.4, 0.5) is 0 Å². The molecule has 1 heterocycles. The van der Waals surface area contributed by atoms with Gasteiger partial charge in [0.1, 0.15) is 36.4 Å². The number of esters is 4. The van der Waals surface area contributed by atoms with Crippen molar-refractivity contribution in [2.24, 2.45) is 5.92 Å². The summed E-state index contributed by atoms with van der Waals surface area (Å²) in [6.45, 7) is 16.5. The zero-order valence-electron chi connectivity index (χ0n) is 36.0. The molecule has 21 nitrogen and oxygen atoms in total. The van der Waals surface area contributed by atoms with Crippen LogP contribution in [0.3, 0.4) is 0 Å². The molecule has 1 fully saturated rings. The van der Waals surface area contributed by atoms with Crippen LogP contribution in [0.1, 0.15) is 82.6 Å². The molecule has 1 saturated heterocycles. The van der Waals surface area contributed by atoms with Gasteiger partial charge in [0.05, 0.1) is 52.2 Å². The number of ether oxygens (including phenoxy) is 9. The third kappa shape index (κ3) is 21.9. The molecule has 59 heavy (non-hydrogen) atoms. The largest absolute Gasteiger partial charge is 0.463 e. The van der Waals surface area contributed by atoms with E-state index in [9.17, 15) is 38.4 Å². The smallest absolute Gasteiger partial charge is 0.308 e. The van der Waals surface area contributed by atoms with Crippen molar-refractivity contribution >= 4 is 47.5 Å². The average Bonchev–Trinajstić information content (AvgIpc) is 3.09. The van der Waals surface area contributed by atoms with Gasteiger partial charge in [-0.3, -0.25) is 38.4 Å². The quantitative estimate of drug-likeness (QED) is 0.0517. The Labute approximate surface area is 345 Å². The molecule has 0 aliphatic carbocycles. The molecule has 4 N–H and O–H groups in total. The van der Waals surface area contributed by atoms with Crippen LogP contribution in [0.25, 0.3) is 0 Å². The summed E-state index contributed by atoms with van der Waals surface area (Å²) in [5.74, 6) is -5.62. The summed E-state index contributed by atoms with van der Waals surface area (Å²) in [5.41, 5.74) is -0.568. The van der Waals surface area contributed by atoms with E-state index < -0.39 is 108 Å². The molecule has 0 bridgehead atoms. The Kier molecular flexibility index (Phi) is 23.7. The molecule has 338 valence electrons. The van der Waals surface area contributed by atoms with Crippen molar-refractivity contribution in [3.8, 4) is 0 Å². The maximum Gasteiger partial charge on any atom is 0.308 e. The van der Waals surface area contributed by atoms with Gasteiger partial charge in [-0.2, -0.15) is 0 Å². The lowest BCUT2D eigenvalue weighted by molar-refractivity contribution is -0.287. The molecule has 4 amide bonds. The highest BCUT2D eigenvalue weighted by molar-refractivity contribution is 5.92. The van der Waals surface area contributed by atoms with Crippen molar-refractivity contribution in [1.29, 1.82) is 0 Å².